The van der Waals surface area contributed by atoms with Crippen molar-refractivity contribution in [3.63, 3.8) is 0 Å². The first kappa shape index (κ1) is 22.6. The second-order valence-electron chi connectivity index (χ2n) is 7.85. The second-order valence-corrected chi connectivity index (χ2v) is 8.21. The number of halogens is 1. The van der Waals surface area contributed by atoms with E-state index in [1.165, 1.54) is 34.7 Å². The molecule has 0 aromatic heterocycles. The third-order valence-electron chi connectivity index (χ3n) is 5.55. The first-order chi connectivity index (χ1) is 16.0. The number of benzene rings is 3. The zero-order chi connectivity index (χ0) is 23.2. The fourth-order valence-corrected chi connectivity index (χ4v) is 4.34. The number of carbonyl (C=O) groups excluding carboxylic acids is 2. The molecule has 0 bridgehead atoms. The molecule has 5 nitrogen and oxygen atoms in total. The van der Waals surface area contributed by atoms with Crippen LogP contribution in [0, 0.1) is 5.82 Å². The number of aryl methyl sites for hydroxylation is 1. The highest BCUT2D eigenvalue weighted by Crippen LogP contribution is 2.27. The Hall–Kier alpha value is -3.58. The Labute approximate surface area is 197 Å². The third-order valence-corrected chi connectivity index (χ3v) is 5.96. The molecule has 1 aliphatic heterocycles. The first-order valence-corrected chi connectivity index (χ1v) is 11.2. The van der Waals surface area contributed by atoms with Gasteiger partial charge in [-0.1, -0.05) is 48.5 Å². The molecule has 0 aliphatic carbocycles. The van der Waals surface area contributed by atoms with E-state index in [2.05, 4.69) is 17.4 Å². The Bertz CT molecular complexity index is 1120. The van der Waals surface area contributed by atoms with Crippen molar-refractivity contribution >= 4 is 40.5 Å². The number of nitrogens with one attached hydrogen (secondary N) is 1. The number of carbonyl (C=O) groups is 2. The van der Waals surface area contributed by atoms with Crippen LogP contribution in [0.3, 0.4) is 0 Å². The lowest BCUT2D eigenvalue weighted by Crippen LogP contribution is -2.38. The molecule has 0 saturated carbocycles. The Morgan fingerprint density at radius 2 is 1.58 bits per heavy atom. The normalized spacial score (nSPS) is 15.7. The number of anilines is 2. The molecule has 3 aromatic carbocycles. The molecule has 1 aliphatic rings. The quantitative estimate of drug-likeness (QED) is 0.490. The van der Waals surface area contributed by atoms with Gasteiger partial charge in [0.1, 0.15) is 11.9 Å². The van der Waals surface area contributed by atoms with Crippen molar-refractivity contribution in [2.75, 3.05) is 16.8 Å². The molecule has 0 spiro atoms. The molecule has 0 radical (unpaired) electrons. The minimum Gasteiger partial charge on any atom is -0.336 e. The topological polar surface area (TPSA) is 52.7 Å². The largest absolute Gasteiger partial charge is 0.336 e. The van der Waals surface area contributed by atoms with Crippen molar-refractivity contribution < 1.29 is 14.0 Å². The predicted molar refractivity (Wildman–Crippen MR) is 131 cm³/mol. The summed E-state index contributed by atoms with van der Waals surface area (Å²) >= 11 is 5.68. The summed E-state index contributed by atoms with van der Waals surface area (Å²) in [7, 11) is 0. The van der Waals surface area contributed by atoms with E-state index in [0.717, 1.165) is 12.8 Å². The summed E-state index contributed by atoms with van der Waals surface area (Å²) in [6.07, 6.45) is 1.58. The van der Waals surface area contributed by atoms with Crippen molar-refractivity contribution in [3.05, 3.63) is 96.3 Å². The number of rotatable bonds is 8. The van der Waals surface area contributed by atoms with Gasteiger partial charge in [-0.05, 0) is 67.0 Å². The molecule has 1 fully saturated rings. The number of nitrogens with zero attached hydrogens (tertiary/aromatic N) is 2. The van der Waals surface area contributed by atoms with E-state index in [1.807, 2.05) is 53.4 Å². The van der Waals surface area contributed by atoms with Gasteiger partial charge in [0.05, 0.1) is 12.1 Å². The summed E-state index contributed by atoms with van der Waals surface area (Å²) in [4.78, 5) is 29.5. The molecule has 1 N–H and O–H groups in total. The van der Waals surface area contributed by atoms with Crippen LogP contribution in [0.4, 0.5) is 15.8 Å². The molecular weight excluding hydrogens is 437 g/mol. The summed E-state index contributed by atoms with van der Waals surface area (Å²) in [6.45, 7) is 0.553. The van der Waals surface area contributed by atoms with E-state index < -0.39 is 6.04 Å². The highest BCUT2D eigenvalue weighted by molar-refractivity contribution is 7.80. The summed E-state index contributed by atoms with van der Waals surface area (Å²) in [5.41, 5.74) is 2.37. The summed E-state index contributed by atoms with van der Waals surface area (Å²) in [5.74, 6) is -0.932. The highest BCUT2D eigenvalue weighted by atomic mass is 32.1. The van der Waals surface area contributed by atoms with E-state index in [4.69, 9.17) is 12.2 Å². The van der Waals surface area contributed by atoms with Crippen LogP contribution >= 0.6 is 12.2 Å². The van der Waals surface area contributed by atoms with Crippen LogP contribution in [0.25, 0.3) is 0 Å². The lowest BCUT2D eigenvalue weighted by atomic mass is 10.1. The maximum absolute atomic E-state index is 13.4. The maximum atomic E-state index is 13.4. The van der Waals surface area contributed by atoms with Crippen molar-refractivity contribution in [2.24, 2.45) is 0 Å². The number of amides is 2. The molecule has 4 rings (SSSR count). The monoisotopic (exact) mass is 461 g/mol. The van der Waals surface area contributed by atoms with Gasteiger partial charge in [0, 0.05) is 12.2 Å². The van der Waals surface area contributed by atoms with Gasteiger partial charge in [-0.3, -0.25) is 14.5 Å². The molecule has 168 valence electrons. The van der Waals surface area contributed by atoms with E-state index >= 15 is 0 Å². The van der Waals surface area contributed by atoms with E-state index in [1.54, 1.807) is 0 Å². The first-order valence-electron chi connectivity index (χ1n) is 10.8. The van der Waals surface area contributed by atoms with Crippen LogP contribution < -0.4 is 10.2 Å². The van der Waals surface area contributed by atoms with Crippen LogP contribution in [0.1, 0.15) is 18.4 Å². The molecule has 33 heavy (non-hydrogen) atoms. The standard InChI is InChI=1S/C26H24FN3O2S/c27-20-13-15-21(16-14-20)28-24(31)18-23-25(32)30(22-11-5-2-6-12-22)26(33)29(23)17-7-10-19-8-3-1-4-9-19/h1-6,8-9,11-16,23H,7,10,17-18H2,(H,28,31). The van der Waals surface area contributed by atoms with Crippen LogP contribution in [0.15, 0.2) is 84.9 Å². The van der Waals surface area contributed by atoms with Crippen LogP contribution in [0.5, 0.6) is 0 Å². The second kappa shape index (κ2) is 10.4. The van der Waals surface area contributed by atoms with Gasteiger partial charge in [-0.25, -0.2) is 4.39 Å². The van der Waals surface area contributed by atoms with Crippen LogP contribution in [-0.4, -0.2) is 34.4 Å². The molecule has 2 amide bonds. The third kappa shape index (κ3) is 5.43. The van der Waals surface area contributed by atoms with E-state index in [-0.39, 0.29) is 24.1 Å². The number of hydrogen-bond donors (Lipinski definition) is 1. The minimum absolute atomic E-state index is 0.0506. The van der Waals surface area contributed by atoms with Crippen LogP contribution in [0.2, 0.25) is 0 Å². The Morgan fingerprint density at radius 3 is 2.24 bits per heavy atom. The molecular formula is C26H24FN3O2S. The zero-order valence-electron chi connectivity index (χ0n) is 18.0. The van der Waals surface area contributed by atoms with Gasteiger partial charge in [0.25, 0.3) is 5.91 Å². The molecule has 3 aromatic rings. The Kier molecular flexibility index (Phi) is 7.10. The van der Waals surface area contributed by atoms with E-state index in [0.29, 0.717) is 23.0 Å². The van der Waals surface area contributed by atoms with Crippen molar-refractivity contribution in [1.82, 2.24) is 4.90 Å². The lowest BCUT2D eigenvalue weighted by Gasteiger charge is -2.24. The fourth-order valence-electron chi connectivity index (χ4n) is 3.92. The Morgan fingerprint density at radius 1 is 0.939 bits per heavy atom. The van der Waals surface area contributed by atoms with Crippen LogP contribution in [-0.2, 0) is 16.0 Å². The number of hydrogen-bond acceptors (Lipinski definition) is 3. The maximum Gasteiger partial charge on any atom is 0.256 e. The van der Waals surface area contributed by atoms with Gasteiger partial charge < -0.3 is 10.2 Å². The van der Waals surface area contributed by atoms with Gasteiger partial charge >= 0.3 is 0 Å². The van der Waals surface area contributed by atoms with Gasteiger partial charge in [-0.15, -0.1) is 0 Å². The van der Waals surface area contributed by atoms with Gasteiger partial charge in [-0.2, -0.15) is 0 Å². The Balaban J connectivity index is 1.49. The zero-order valence-corrected chi connectivity index (χ0v) is 18.8. The number of para-hydroxylation sites is 1. The predicted octanol–water partition coefficient (Wildman–Crippen LogP) is 4.79. The van der Waals surface area contributed by atoms with Gasteiger partial charge in [0.15, 0.2) is 5.11 Å². The molecule has 1 saturated heterocycles. The van der Waals surface area contributed by atoms with Crippen molar-refractivity contribution in [2.45, 2.75) is 25.3 Å². The lowest BCUT2D eigenvalue weighted by molar-refractivity contribution is -0.124. The SMILES string of the molecule is O=C(CC1C(=O)N(c2ccccc2)C(=S)N1CCCc1ccccc1)Nc1ccc(F)cc1. The fraction of sp³-hybridized carbons (Fsp3) is 0.192. The average Bonchev–Trinajstić information content (AvgIpc) is 3.05. The van der Waals surface area contributed by atoms with Gasteiger partial charge in [0.2, 0.25) is 5.91 Å². The summed E-state index contributed by atoms with van der Waals surface area (Å²) in [6, 6.07) is 24.2. The summed E-state index contributed by atoms with van der Waals surface area (Å²) in [5, 5.41) is 3.14. The smallest absolute Gasteiger partial charge is 0.256 e. The molecule has 7 heteroatoms. The minimum atomic E-state index is -0.700. The average molecular weight is 462 g/mol. The highest BCUT2D eigenvalue weighted by Gasteiger charge is 2.43. The molecule has 1 atom stereocenters. The molecule has 1 heterocycles. The number of thiocarbonyl (C=S) groups is 1. The van der Waals surface area contributed by atoms with E-state index in [9.17, 15) is 14.0 Å². The summed E-state index contributed by atoms with van der Waals surface area (Å²) < 4.78 is 13.2. The van der Waals surface area contributed by atoms with Crippen molar-refractivity contribution in [1.29, 1.82) is 0 Å². The molecule has 1 unspecified atom stereocenters. The van der Waals surface area contributed by atoms with Crippen molar-refractivity contribution in [3.8, 4) is 0 Å².